The fourth-order valence-electron chi connectivity index (χ4n) is 1.76. The number of halogens is 2. The number of hydrogen-bond acceptors (Lipinski definition) is 5. The Hall–Kier alpha value is -2.19. The first-order valence-electron chi connectivity index (χ1n) is 6.05. The van der Waals surface area contributed by atoms with Crippen molar-refractivity contribution in [2.45, 2.75) is 13.5 Å². The van der Waals surface area contributed by atoms with Crippen LogP contribution in [0.1, 0.15) is 5.82 Å². The summed E-state index contributed by atoms with van der Waals surface area (Å²) in [6, 6.07) is 1.47. The van der Waals surface area contributed by atoms with Gasteiger partial charge in [0.25, 0.3) is 0 Å². The van der Waals surface area contributed by atoms with Gasteiger partial charge in [-0.25, -0.2) is 4.98 Å². The van der Waals surface area contributed by atoms with Gasteiger partial charge < -0.3 is 10.1 Å². The van der Waals surface area contributed by atoms with Gasteiger partial charge in [0, 0.05) is 20.2 Å². The van der Waals surface area contributed by atoms with Crippen LogP contribution in [0.5, 0.6) is 0 Å². The molecule has 0 radical (unpaired) electrons. The second-order valence-corrected chi connectivity index (χ2v) is 5.29. The van der Waals surface area contributed by atoms with Crippen molar-refractivity contribution in [3.05, 3.63) is 44.4 Å². The molecule has 0 aliphatic heterocycles. The van der Waals surface area contributed by atoms with Crippen molar-refractivity contribution in [2.75, 3.05) is 11.9 Å². The van der Waals surface area contributed by atoms with Crippen molar-refractivity contribution < 1.29 is 9.72 Å². The van der Waals surface area contributed by atoms with Crippen LogP contribution in [0.4, 0.5) is 11.6 Å². The number of pyridine rings is 1. The monoisotopic (exact) mass is 343 g/mol. The Morgan fingerprint density at radius 2 is 2.18 bits per heavy atom. The van der Waals surface area contributed by atoms with Crippen molar-refractivity contribution in [3.63, 3.8) is 0 Å². The number of carbonyl (C=O) groups excluding carboxylic acids is 1. The molecule has 2 aromatic heterocycles. The first kappa shape index (κ1) is 16.2. The van der Waals surface area contributed by atoms with E-state index in [1.165, 1.54) is 35.0 Å². The number of nitrogens with zero attached hydrogens (tertiary/aromatic N) is 5. The summed E-state index contributed by atoms with van der Waals surface area (Å²) in [5.74, 6) is -0.0466. The zero-order valence-electron chi connectivity index (χ0n) is 11.7. The molecule has 0 atom stereocenters. The van der Waals surface area contributed by atoms with Crippen molar-refractivity contribution in [1.82, 2.24) is 14.5 Å². The minimum Gasteiger partial charge on any atom is -0.358 e. The molecule has 0 unspecified atom stereocenters. The number of aromatic nitrogens is 3. The average Bonchev–Trinajstić information content (AvgIpc) is 2.79. The number of rotatable bonds is 4. The number of hydrogen-bond donors (Lipinski definition) is 0. The third-order valence-electron chi connectivity index (χ3n) is 2.94. The highest BCUT2D eigenvalue weighted by molar-refractivity contribution is 6.36. The van der Waals surface area contributed by atoms with E-state index in [9.17, 15) is 14.9 Å². The van der Waals surface area contributed by atoms with Gasteiger partial charge in [0.15, 0.2) is 5.82 Å². The van der Waals surface area contributed by atoms with E-state index >= 15 is 0 Å². The predicted octanol–water partition coefficient (Wildman–Crippen LogP) is 2.46. The van der Waals surface area contributed by atoms with Crippen LogP contribution in [-0.2, 0) is 11.3 Å². The molecule has 8 nitrogen and oxygen atoms in total. The predicted molar refractivity (Wildman–Crippen MR) is 81.3 cm³/mol. The first-order chi connectivity index (χ1) is 10.3. The molecular weight excluding hydrogens is 333 g/mol. The van der Waals surface area contributed by atoms with E-state index in [0.29, 0.717) is 10.8 Å². The molecule has 0 saturated carbocycles. The van der Waals surface area contributed by atoms with Crippen LogP contribution in [-0.4, -0.2) is 32.4 Å². The lowest BCUT2D eigenvalue weighted by Gasteiger charge is -2.17. The molecule has 0 N–H and O–H groups in total. The largest absolute Gasteiger partial charge is 0.381 e. The van der Waals surface area contributed by atoms with Gasteiger partial charge in [-0.3, -0.25) is 14.3 Å². The fourth-order valence-corrected chi connectivity index (χ4v) is 2.27. The standard InChI is InChI=1S/C12H11Cl2N5O3/c1-7-16-10(19(21)22)5-18(7)6-11(20)17(2)12-9(14)3-8(13)4-15-12/h3-5H,6H2,1-2H3. The van der Waals surface area contributed by atoms with Gasteiger partial charge in [-0.15, -0.1) is 0 Å². The number of imidazole rings is 1. The van der Waals surface area contributed by atoms with E-state index < -0.39 is 4.92 Å². The Balaban J connectivity index is 2.19. The number of carbonyl (C=O) groups is 1. The van der Waals surface area contributed by atoms with Crippen molar-refractivity contribution in [3.8, 4) is 0 Å². The van der Waals surface area contributed by atoms with Crippen LogP contribution in [0.15, 0.2) is 18.5 Å². The van der Waals surface area contributed by atoms with Gasteiger partial charge in [0.2, 0.25) is 11.7 Å². The Bertz CT molecular complexity index is 746. The minimum absolute atomic E-state index is 0.121. The molecule has 2 heterocycles. The van der Waals surface area contributed by atoms with E-state index in [4.69, 9.17) is 23.2 Å². The zero-order chi connectivity index (χ0) is 16.4. The number of aryl methyl sites for hydroxylation is 1. The molecule has 22 heavy (non-hydrogen) atoms. The second kappa shape index (κ2) is 6.29. The number of amides is 1. The van der Waals surface area contributed by atoms with Crippen LogP contribution in [0.25, 0.3) is 0 Å². The van der Waals surface area contributed by atoms with E-state index in [0.717, 1.165) is 0 Å². The summed E-state index contributed by atoms with van der Waals surface area (Å²) in [6.07, 6.45) is 2.58. The summed E-state index contributed by atoms with van der Waals surface area (Å²) < 4.78 is 1.39. The molecule has 2 aromatic rings. The summed E-state index contributed by atoms with van der Waals surface area (Å²) in [5, 5.41) is 11.3. The summed E-state index contributed by atoms with van der Waals surface area (Å²) in [7, 11) is 1.51. The molecule has 0 aromatic carbocycles. The van der Waals surface area contributed by atoms with E-state index in [1.807, 2.05) is 0 Å². The Labute approximate surface area is 135 Å². The molecule has 0 fully saturated rings. The van der Waals surface area contributed by atoms with Gasteiger partial charge in [-0.05, 0) is 16.0 Å². The van der Waals surface area contributed by atoms with Crippen LogP contribution < -0.4 is 4.90 Å². The molecule has 0 bridgehead atoms. The van der Waals surface area contributed by atoms with Crippen LogP contribution in [0.2, 0.25) is 10.0 Å². The van der Waals surface area contributed by atoms with E-state index in [2.05, 4.69) is 9.97 Å². The molecule has 1 amide bonds. The number of likely N-dealkylation sites (N-methyl/N-ethyl adjacent to an activating group) is 1. The fraction of sp³-hybridized carbons (Fsp3) is 0.250. The maximum atomic E-state index is 12.3. The first-order valence-corrected chi connectivity index (χ1v) is 6.81. The summed E-state index contributed by atoms with van der Waals surface area (Å²) in [6.45, 7) is 1.46. The Morgan fingerprint density at radius 3 is 2.73 bits per heavy atom. The molecular formula is C12H11Cl2N5O3. The van der Waals surface area contributed by atoms with Crippen molar-refractivity contribution in [2.24, 2.45) is 0 Å². The maximum Gasteiger partial charge on any atom is 0.381 e. The van der Waals surface area contributed by atoms with Gasteiger partial charge >= 0.3 is 5.82 Å². The lowest BCUT2D eigenvalue weighted by atomic mass is 10.4. The third-order valence-corrected chi connectivity index (χ3v) is 3.42. The van der Waals surface area contributed by atoms with Gasteiger partial charge in [0.1, 0.15) is 12.7 Å². The molecule has 116 valence electrons. The van der Waals surface area contributed by atoms with Crippen LogP contribution in [0, 0.1) is 17.0 Å². The summed E-state index contributed by atoms with van der Waals surface area (Å²) >= 11 is 11.8. The lowest BCUT2D eigenvalue weighted by Crippen LogP contribution is -2.31. The molecule has 0 saturated heterocycles. The smallest absolute Gasteiger partial charge is 0.358 e. The van der Waals surface area contributed by atoms with Gasteiger partial charge in [0.05, 0.1) is 10.0 Å². The maximum absolute atomic E-state index is 12.3. The Kier molecular flexibility index (Phi) is 4.62. The lowest BCUT2D eigenvalue weighted by molar-refractivity contribution is -0.389. The molecule has 0 aliphatic rings. The van der Waals surface area contributed by atoms with Crippen molar-refractivity contribution in [1.29, 1.82) is 0 Å². The number of anilines is 1. The Morgan fingerprint density at radius 1 is 1.50 bits per heavy atom. The van der Waals surface area contributed by atoms with Gasteiger partial charge in [-0.2, -0.15) is 0 Å². The minimum atomic E-state index is -0.616. The second-order valence-electron chi connectivity index (χ2n) is 4.44. The molecule has 0 spiro atoms. The average molecular weight is 344 g/mol. The molecule has 2 rings (SSSR count). The highest BCUT2D eigenvalue weighted by Crippen LogP contribution is 2.25. The summed E-state index contributed by atoms with van der Waals surface area (Å²) in [4.78, 5) is 31.3. The normalized spacial score (nSPS) is 10.5. The third kappa shape index (κ3) is 3.34. The van der Waals surface area contributed by atoms with Crippen LogP contribution >= 0.6 is 23.2 Å². The summed E-state index contributed by atoms with van der Waals surface area (Å²) in [5.41, 5.74) is 0. The van der Waals surface area contributed by atoms with E-state index in [-0.39, 0.29) is 29.1 Å². The van der Waals surface area contributed by atoms with Gasteiger partial charge in [-0.1, -0.05) is 23.2 Å². The zero-order valence-corrected chi connectivity index (χ0v) is 13.2. The molecule has 0 aliphatic carbocycles. The topological polar surface area (TPSA) is 94.2 Å². The van der Waals surface area contributed by atoms with E-state index in [1.54, 1.807) is 6.92 Å². The SMILES string of the molecule is Cc1nc([N+](=O)[O-])cn1CC(=O)N(C)c1ncc(Cl)cc1Cl. The highest BCUT2D eigenvalue weighted by Gasteiger charge is 2.20. The van der Waals surface area contributed by atoms with Crippen LogP contribution in [0.3, 0.4) is 0 Å². The quantitative estimate of drug-likeness (QED) is 0.627. The molecule has 10 heteroatoms. The number of nitro groups is 1. The highest BCUT2D eigenvalue weighted by atomic mass is 35.5. The van der Waals surface area contributed by atoms with Crippen molar-refractivity contribution >= 4 is 40.7 Å².